The van der Waals surface area contributed by atoms with E-state index in [1.54, 1.807) is 11.1 Å². The number of hydrogen-bond donors (Lipinski definition) is 1. The second-order valence-corrected chi connectivity index (χ2v) is 5.94. The summed E-state index contributed by atoms with van der Waals surface area (Å²) in [6.07, 6.45) is 3.91. The number of benzene rings is 2. The van der Waals surface area contributed by atoms with E-state index in [-0.39, 0.29) is 0 Å². The van der Waals surface area contributed by atoms with Gasteiger partial charge in [0.1, 0.15) is 0 Å². The molecule has 1 N–H and O–H groups in total. The van der Waals surface area contributed by atoms with Gasteiger partial charge in [-0.15, -0.1) is 0 Å². The monoisotopic (exact) mass is 249 g/mol. The van der Waals surface area contributed by atoms with Crippen molar-refractivity contribution in [3.63, 3.8) is 0 Å². The molecular weight excluding hydrogens is 230 g/mol. The van der Waals surface area contributed by atoms with Crippen LogP contribution in [0, 0.1) is 0 Å². The fourth-order valence-electron chi connectivity index (χ4n) is 3.70. The number of hydrogen-bond acceptors (Lipinski definition) is 1. The molecule has 2 atom stereocenters. The predicted molar refractivity (Wildman–Crippen MR) is 78.1 cm³/mol. The van der Waals surface area contributed by atoms with Crippen molar-refractivity contribution in [1.29, 1.82) is 0 Å². The number of fused-ring (bicyclic) bond motifs is 2. The molecule has 2 aliphatic rings. The van der Waals surface area contributed by atoms with Crippen molar-refractivity contribution in [2.24, 2.45) is 0 Å². The quantitative estimate of drug-likeness (QED) is 0.878. The Morgan fingerprint density at radius 1 is 1.00 bits per heavy atom. The zero-order valence-electron chi connectivity index (χ0n) is 11.1. The van der Waals surface area contributed by atoms with Gasteiger partial charge < -0.3 is 5.32 Å². The van der Waals surface area contributed by atoms with E-state index in [0.29, 0.717) is 11.5 Å². The average molecular weight is 249 g/mol. The van der Waals surface area contributed by atoms with Crippen molar-refractivity contribution in [3.8, 4) is 0 Å². The largest absolute Gasteiger partial charge is 0.309 e. The van der Waals surface area contributed by atoms with Crippen molar-refractivity contribution < 1.29 is 0 Å². The van der Waals surface area contributed by atoms with Crippen molar-refractivity contribution in [2.75, 3.05) is 0 Å². The van der Waals surface area contributed by atoms with Crippen LogP contribution in [0.4, 0.5) is 0 Å². The van der Waals surface area contributed by atoms with Gasteiger partial charge in [0.15, 0.2) is 0 Å². The predicted octanol–water partition coefficient (Wildman–Crippen LogP) is 3.43. The molecule has 0 bridgehead atoms. The van der Waals surface area contributed by atoms with Crippen LogP contribution in [0.15, 0.2) is 54.6 Å². The molecule has 1 saturated carbocycles. The normalized spacial score (nSPS) is 27.5. The maximum atomic E-state index is 3.75. The highest BCUT2D eigenvalue weighted by atomic mass is 15.0. The van der Waals surface area contributed by atoms with Gasteiger partial charge in [-0.1, -0.05) is 54.6 Å². The van der Waals surface area contributed by atoms with Crippen molar-refractivity contribution in [1.82, 2.24) is 5.32 Å². The molecule has 2 aliphatic carbocycles. The molecule has 2 aromatic carbocycles. The smallest absolute Gasteiger partial charge is 0.0208 e. The summed E-state index contributed by atoms with van der Waals surface area (Å²) in [5.41, 5.74) is 5.04. The molecule has 0 saturated heterocycles. The summed E-state index contributed by atoms with van der Waals surface area (Å²) in [7, 11) is 0. The number of nitrogens with one attached hydrogen (secondary N) is 1. The van der Waals surface area contributed by atoms with E-state index in [4.69, 9.17) is 0 Å². The third-order valence-corrected chi connectivity index (χ3v) is 4.86. The molecule has 0 radical (unpaired) electrons. The van der Waals surface area contributed by atoms with E-state index in [1.807, 2.05) is 0 Å². The van der Waals surface area contributed by atoms with Crippen LogP contribution >= 0.6 is 0 Å². The molecule has 19 heavy (non-hydrogen) atoms. The lowest BCUT2D eigenvalue weighted by atomic mass is 9.97. The van der Waals surface area contributed by atoms with Gasteiger partial charge in [0, 0.05) is 18.0 Å². The Labute approximate surface area is 114 Å². The Balaban J connectivity index is 1.47. The van der Waals surface area contributed by atoms with E-state index < -0.39 is 0 Å². The molecule has 96 valence electrons. The van der Waals surface area contributed by atoms with Gasteiger partial charge in [0.2, 0.25) is 0 Å². The van der Waals surface area contributed by atoms with Crippen LogP contribution in [0.3, 0.4) is 0 Å². The fourth-order valence-corrected chi connectivity index (χ4v) is 3.70. The number of aryl methyl sites for hydroxylation is 1. The van der Waals surface area contributed by atoms with Gasteiger partial charge in [-0.2, -0.15) is 0 Å². The van der Waals surface area contributed by atoms with Crippen LogP contribution in [0.25, 0.3) is 0 Å². The first kappa shape index (κ1) is 11.2. The molecule has 1 spiro atoms. The van der Waals surface area contributed by atoms with Crippen LogP contribution < -0.4 is 5.32 Å². The third-order valence-electron chi connectivity index (χ3n) is 4.86. The van der Waals surface area contributed by atoms with Gasteiger partial charge in [0.05, 0.1) is 0 Å². The zero-order chi connectivity index (χ0) is 12.7. The third kappa shape index (κ3) is 1.81. The summed E-state index contributed by atoms with van der Waals surface area (Å²) < 4.78 is 0. The summed E-state index contributed by atoms with van der Waals surface area (Å²) in [5.74, 6) is 0. The Morgan fingerprint density at radius 2 is 1.79 bits per heavy atom. The molecule has 0 unspecified atom stereocenters. The molecule has 1 fully saturated rings. The summed E-state index contributed by atoms with van der Waals surface area (Å²) in [4.78, 5) is 0. The van der Waals surface area contributed by atoms with E-state index in [9.17, 15) is 0 Å². The first-order valence-electron chi connectivity index (χ1n) is 7.24. The summed E-state index contributed by atoms with van der Waals surface area (Å²) >= 11 is 0. The van der Waals surface area contributed by atoms with E-state index in [2.05, 4.69) is 59.9 Å². The highest BCUT2D eigenvalue weighted by molar-refractivity contribution is 5.46. The molecule has 1 heteroatoms. The Morgan fingerprint density at radius 3 is 2.68 bits per heavy atom. The minimum Gasteiger partial charge on any atom is -0.309 e. The van der Waals surface area contributed by atoms with Crippen molar-refractivity contribution in [3.05, 3.63) is 71.3 Å². The van der Waals surface area contributed by atoms with Crippen LogP contribution in [0.2, 0.25) is 0 Å². The molecule has 0 aromatic heterocycles. The van der Waals surface area contributed by atoms with Gasteiger partial charge in [-0.3, -0.25) is 0 Å². The Hall–Kier alpha value is -1.60. The molecular formula is C18H19N. The van der Waals surface area contributed by atoms with E-state index in [1.165, 1.54) is 24.8 Å². The maximum absolute atomic E-state index is 3.75. The van der Waals surface area contributed by atoms with Gasteiger partial charge >= 0.3 is 0 Å². The minimum atomic E-state index is 0.464. The van der Waals surface area contributed by atoms with Gasteiger partial charge in [-0.25, -0.2) is 0 Å². The molecule has 1 nitrogen and oxygen atoms in total. The van der Waals surface area contributed by atoms with E-state index >= 15 is 0 Å². The molecule has 0 heterocycles. The van der Waals surface area contributed by atoms with E-state index in [0.717, 1.165) is 6.54 Å². The summed E-state index contributed by atoms with van der Waals surface area (Å²) in [5, 5.41) is 3.75. The SMILES string of the molecule is c1ccc(CN[C@@H]2C[C@@]23CCc2ccccc23)cc1. The van der Waals surface area contributed by atoms with Crippen LogP contribution in [-0.4, -0.2) is 6.04 Å². The second-order valence-electron chi connectivity index (χ2n) is 5.94. The summed E-state index contributed by atoms with van der Waals surface area (Å²) in [6, 6.07) is 20.4. The van der Waals surface area contributed by atoms with Crippen LogP contribution in [0.5, 0.6) is 0 Å². The van der Waals surface area contributed by atoms with Crippen LogP contribution in [0.1, 0.15) is 29.5 Å². The van der Waals surface area contributed by atoms with Crippen molar-refractivity contribution in [2.45, 2.75) is 37.3 Å². The highest BCUT2D eigenvalue weighted by Gasteiger charge is 2.57. The lowest BCUT2D eigenvalue weighted by molar-refractivity contribution is 0.571. The first-order chi connectivity index (χ1) is 9.38. The number of rotatable bonds is 3. The van der Waals surface area contributed by atoms with Gasteiger partial charge in [0.25, 0.3) is 0 Å². The standard InChI is InChI=1S/C18H19N/c1-2-6-14(7-3-1)13-19-17-12-18(17)11-10-15-8-4-5-9-16(15)18/h1-9,17,19H,10-13H2/t17-,18-/m1/s1. The molecule has 4 rings (SSSR count). The Bertz CT molecular complexity index is 590. The molecule has 0 amide bonds. The van der Waals surface area contributed by atoms with Gasteiger partial charge in [-0.05, 0) is 36.0 Å². The molecule has 2 aromatic rings. The molecule has 0 aliphatic heterocycles. The van der Waals surface area contributed by atoms with Crippen molar-refractivity contribution >= 4 is 0 Å². The van der Waals surface area contributed by atoms with Crippen LogP contribution in [-0.2, 0) is 18.4 Å². The summed E-state index contributed by atoms with van der Waals surface area (Å²) in [6.45, 7) is 0.995. The average Bonchev–Trinajstić information content (AvgIpc) is 3.06. The maximum Gasteiger partial charge on any atom is 0.0208 e. The lowest BCUT2D eigenvalue weighted by Crippen LogP contribution is -2.23. The zero-order valence-corrected chi connectivity index (χ0v) is 11.1. The fraction of sp³-hybridized carbons (Fsp3) is 0.333. The Kier molecular flexibility index (Phi) is 2.49. The lowest BCUT2D eigenvalue weighted by Gasteiger charge is -2.12. The first-order valence-corrected chi connectivity index (χ1v) is 7.24. The second kappa shape index (κ2) is 4.21. The minimum absolute atomic E-state index is 0.464. The highest BCUT2D eigenvalue weighted by Crippen LogP contribution is 2.56. The topological polar surface area (TPSA) is 12.0 Å².